The Labute approximate surface area is 154 Å². The lowest BCUT2D eigenvalue weighted by molar-refractivity contribution is -0.129. The van der Waals surface area contributed by atoms with Crippen molar-refractivity contribution in [3.05, 3.63) is 29.8 Å². The number of likely N-dealkylation sites (N-methyl/N-ethyl adjacent to an activating group) is 1. The number of anilines is 1. The Morgan fingerprint density at radius 2 is 2.00 bits per heavy atom. The van der Waals surface area contributed by atoms with E-state index in [9.17, 15) is 31.2 Å². The van der Waals surface area contributed by atoms with Crippen molar-refractivity contribution in [1.29, 1.82) is 0 Å². The maximum absolute atomic E-state index is 12.2. The second kappa shape index (κ2) is 8.15. The molecule has 1 heterocycles. The summed E-state index contributed by atoms with van der Waals surface area (Å²) in [5.41, 5.74) is 0.405. The molecule has 1 unspecified atom stereocenters. The van der Waals surface area contributed by atoms with Crippen LogP contribution in [0.3, 0.4) is 0 Å². The van der Waals surface area contributed by atoms with Gasteiger partial charge in [-0.15, -0.1) is 0 Å². The van der Waals surface area contributed by atoms with Crippen molar-refractivity contribution < 1.29 is 31.2 Å². The van der Waals surface area contributed by atoms with E-state index >= 15 is 0 Å². The maximum atomic E-state index is 12.2. The number of hydrogen-bond acceptors (Lipinski definition) is 5. The highest BCUT2D eigenvalue weighted by molar-refractivity contribution is 7.91. The van der Waals surface area contributed by atoms with Crippen LogP contribution >= 0.6 is 0 Å². The van der Waals surface area contributed by atoms with Crippen LogP contribution in [0.1, 0.15) is 16.8 Å². The van der Waals surface area contributed by atoms with E-state index in [2.05, 4.69) is 5.32 Å². The zero-order chi connectivity index (χ0) is 20.2. The highest BCUT2D eigenvalue weighted by atomic mass is 32.2. The molecular weight excluding hydrogens is 387 g/mol. The molecular formula is C16H20F3N3O4S. The molecule has 0 radical (unpaired) electrons. The molecule has 150 valence electrons. The number of benzene rings is 1. The van der Waals surface area contributed by atoms with Crippen LogP contribution in [0.2, 0.25) is 0 Å². The van der Waals surface area contributed by atoms with Crippen LogP contribution in [0.15, 0.2) is 24.3 Å². The van der Waals surface area contributed by atoms with Crippen molar-refractivity contribution in [2.24, 2.45) is 0 Å². The van der Waals surface area contributed by atoms with Crippen LogP contribution in [-0.4, -0.2) is 69.0 Å². The van der Waals surface area contributed by atoms with Crippen LogP contribution in [0.25, 0.3) is 0 Å². The lowest BCUT2D eigenvalue weighted by atomic mass is 10.2. The minimum atomic E-state index is -4.50. The molecule has 7 nitrogen and oxygen atoms in total. The van der Waals surface area contributed by atoms with Gasteiger partial charge in [-0.05, 0) is 24.6 Å². The summed E-state index contributed by atoms with van der Waals surface area (Å²) in [6.07, 6.45) is -4.12. The van der Waals surface area contributed by atoms with Crippen molar-refractivity contribution in [1.82, 2.24) is 10.2 Å². The van der Waals surface area contributed by atoms with Crippen LogP contribution in [0.4, 0.5) is 18.9 Å². The monoisotopic (exact) mass is 407 g/mol. The normalized spacial score (nSPS) is 18.7. The summed E-state index contributed by atoms with van der Waals surface area (Å²) in [5, 5.41) is 4.56. The summed E-state index contributed by atoms with van der Waals surface area (Å²) in [6, 6.07) is 5.35. The van der Waals surface area contributed by atoms with Crippen molar-refractivity contribution >= 4 is 27.3 Å². The molecule has 1 saturated heterocycles. The van der Waals surface area contributed by atoms with Crippen LogP contribution in [-0.2, 0) is 14.6 Å². The average molecular weight is 407 g/mol. The summed E-state index contributed by atoms with van der Waals surface area (Å²) in [4.78, 5) is 25.3. The number of halogens is 3. The number of sulfone groups is 1. The van der Waals surface area contributed by atoms with Gasteiger partial charge in [0.1, 0.15) is 6.54 Å². The SMILES string of the molecule is CN(C(=O)CNc1cccc(C(=O)NCC(F)(F)F)c1)C1CCS(=O)(=O)C1. The Balaban J connectivity index is 1.90. The Morgan fingerprint density at radius 1 is 1.30 bits per heavy atom. The first-order valence-corrected chi connectivity index (χ1v) is 9.94. The predicted octanol–water partition coefficient (Wildman–Crippen LogP) is 1.04. The van der Waals surface area contributed by atoms with Gasteiger partial charge in [0.05, 0.1) is 18.1 Å². The molecule has 0 aromatic heterocycles. The van der Waals surface area contributed by atoms with Gasteiger partial charge in [0.2, 0.25) is 5.91 Å². The first kappa shape index (κ1) is 21.0. The summed E-state index contributed by atoms with van der Waals surface area (Å²) < 4.78 is 59.5. The maximum Gasteiger partial charge on any atom is 0.405 e. The molecule has 1 atom stereocenters. The van der Waals surface area contributed by atoms with Gasteiger partial charge in [-0.3, -0.25) is 9.59 Å². The third-order valence-corrected chi connectivity index (χ3v) is 5.92. The van der Waals surface area contributed by atoms with Crippen molar-refractivity contribution in [3.63, 3.8) is 0 Å². The first-order chi connectivity index (χ1) is 12.5. The fourth-order valence-corrected chi connectivity index (χ4v) is 4.41. The summed E-state index contributed by atoms with van der Waals surface area (Å²) in [7, 11) is -1.59. The molecule has 1 aliphatic heterocycles. The van der Waals surface area contributed by atoms with Crippen LogP contribution in [0, 0.1) is 0 Å². The summed E-state index contributed by atoms with van der Waals surface area (Å²) in [6.45, 7) is -1.57. The molecule has 0 aliphatic carbocycles. The standard InChI is InChI=1S/C16H20F3N3O4S/c1-22(13-5-6-27(25,26)9-13)14(23)8-20-12-4-2-3-11(7-12)15(24)21-10-16(17,18)19/h2-4,7,13,20H,5-6,8-10H2,1H3,(H,21,24). The number of nitrogens with zero attached hydrogens (tertiary/aromatic N) is 1. The topological polar surface area (TPSA) is 95.6 Å². The number of nitrogens with one attached hydrogen (secondary N) is 2. The average Bonchev–Trinajstić information content (AvgIpc) is 2.96. The quantitative estimate of drug-likeness (QED) is 0.735. The zero-order valence-electron chi connectivity index (χ0n) is 14.5. The van der Waals surface area contributed by atoms with Crippen molar-refractivity contribution in [2.45, 2.75) is 18.6 Å². The van der Waals surface area contributed by atoms with E-state index in [-0.39, 0.29) is 35.6 Å². The second-order valence-corrected chi connectivity index (χ2v) is 8.52. The number of hydrogen-bond donors (Lipinski definition) is 2. The molecule has 11 heteroatoms. The molecule has 1 aromatic carbocycles. The second-order valence-electron chi connectivity index (χ2n) is 6.29. The highest BCUT2D eigenvalue weighted by Gasteiger charge is 2.32. The van der Waals surface area contributed by atoms with E-state index in [1.807, 2.05) is 0 Å². The Morgan fingerprint density at radius 3 is 2.59 bits per heavy atom. The lowest BCUT2D eigenvalue weighted by Gasteiger charge is -2.23. The molecule has 0 spiro atoms. The fraction of sp³-hybridized carbons (Fsp3) is 0.500. The van der Waals surface area contributed by atoms with Gasteiger partial charge in [0, 0.05) is 24.3 Å². The Kier molecular flexibility index (Phi) is 6.34. The summed E-state index contributed by atoms with van der Waals surface area (Å²) >= 11 is 0. The fourth-order valence-electron chi connectivity index (χ4n) is 2.64. The highest BCUT2D eigenvalue weighted by Crippen LogP contribution is 2.17. The minimum Gasteiger partial charge on any atom is -0.376 e. The first-order valence-electron chi connectivity index (χ1n) is 8.12. The summed E-state index contributed by atoms with van der Waals surface area (Å²) in [5.74, 6) is -1.22. The molecule has 2 amide bonds. The van der Waals surface area contributed by atoms with Gasteiger partial charge < -0.3 is 15.5 Å². The molecule has 2 rings (SSSR count). The largest absolute Gasteiger partial charge is 0.405 e. The van der Waals surface area contributed by atoms with Gasteiger partial charge in [0.25, 0.3) is 5.91 Å². The van der Waals surface area contributed by atoms with Gasteiger partial charge in [-0.2, -0.15) is 13.2 Å². The van der Waals surface area contributed by atoms with Crippen molar-refractivity contribution in [3.8, 4) is 0 Å². The van der Waals surface area contributed by atoms with E-state index in [1.165, 1.54) is 30.1 Å². The number of rotatable bonds is 6. The van der Waals surface area contributed by atoms with Gasteiger partial charge in [-0.25, -0.2) is 8.42 Å². The van der Waals surface area contributed by atoms with E-state index < -0.39 is 28.5 Å². The molecule has 1 aliphatic rings. The molecule has 27 heavy (non-hydrogen) atoms. The molecule has 1 aromatic rings. The van der Waals surface area contributed by atoms with Crippen molar-refractivity contribution in [2.75, 3.05) is 37.0 Å². The lowest BCUT2D eigenvalue weighted by Crippen LogP contribution is -2.40. The zero-order valence-corrected chi connectivity index (χ0v) is 15.4. The van der Waals surface area contributed by atoms with E-state index in [4.69, 9.17) is 0 Å². The predicted molar refractivity (Wildman–Crippen MR) is 93.1 cm³/mol. The van der Waals surface area contributed by atoms with Crippen LogP contribution < -0.4 is 10.6 Å². The Bertz CT molecular complexity index is 811. The molecule has 0 saturated carbocycles. The van der Waals surface area contributed by atoms with E-state index in [0.717, 1.165) is 0 Å². The van der Waals surface area contributed by atoms with Gasteiger partial charge in [-0.1, -0.05) is 6.07 Å². The smallest absolute Gasteiger partial charge is 0.376 e. The van der Waals surface area contributed by atoms with Gasteiger partial charge >= 0.3 is 6.18 Å². The minimum absolute atomic E-state index is 0.0203. The van der Waals surface area contributed by atoms with E-state index in [1.54, 1.807) is 11.4 Å². The number of amides is 2. The number of carbonyl (C=O) groups excluding carboxylic acids is 2. The van der Waals surface area contributed by atoms with Crippen LogP contribution in [0.5, 0.6) is 0 Å². The Hall–Kier alpha value is -2.30. The number of alkyl halides is 3. The van der Waals surface area contributed by atoms with Gasteiger partial charge in [0.15, 0.2) is 9.84 Å². The van der Waals surface area contributed by atoms with E-state index in [0.29, 0.717) is 12.1 Å². The molecule has 0 bridgehead atoms. The molecule has 1 fully saturated rings. The molecule has 2 N–H and O–H groups in total. The number of carbonyl (C=O) groups is 2. The third kappa shape index (κ3) is 6.42. The third-order valence-electron chi connectivity index (χ3n) is 4.17.